The number of nitrogens with two attached hydrogens (primary N) is 1. The number of aromatic nitrogens is 1. The molecular weight excluding hydrogens is 334 g/mol. The van der Waals surface area contributed by atoms with Crippen molar-refractivity contribution in [3.05, 3.63) is 41.4 Å². The summed E-state index contributed by atoms with van der Waals surface area (Å²) in [5, 5.41) is 0.631. The molecule has 2 saturated heterocycles. The SMILES string of the molecule is Nc1ncc(CN2CCN(C3CCN(c4ccccc4)C3=O)CC2)s1. The fourth-order valence-corrected chi connectivity index (χ4v) is 4.44. The van der Waals surface area contributed by atoms with Crippen LogP contribution in [0.25, 0.3) is 0 Å². The van der Waals surface area contributed by atoms with Gasteiger partial charge in [0.25, 0.3) is 0 Å². The third-order valence-electron chi connectivity index (χ3n) is 5.04. The lowest BCUT2D eigenvalue weighted by molar-refractivity contribution is -0.122. The first-order valence-corrected chi connectivity index (χ1v) is 9.55. The van der Waals surface area contributed by atoms with Gasteiger partial charge in [-0.25, -0.2) is 4.98 Å². The van der Waals surface area contributed by atoms with Crippen LogP contribution in [0.5, 0.6) is 0 Å². The van der Waals surface area contributed by atoms with E-state index in [9.17, 15) is 4.79 Å². The van der Waals surface area contributed by atoms with Crippen molar-refractivity contribution in [2.75, 3.05) is 43.4 Å². The fraction of sp³-hybridized carbons (Fsp3) is 0.444. The number of carbonyl (C=O) groups excluding carboxylic acids is 1. The number of piperazine rings is 1. The number of carbonyl (C=O) groups is 1. The summed E-state index contributed by atoms with van der Waals surface area (Å²) < 4.78 is 0. The van der Waals surface area contributed by atoms with Crippen LogP contribution in [-0.2, 0) is 11.3 Å². The molecule has 6 nitrogen and oxygen atoms in total. The lowest BCUT2D eigenvalue weighted by atomic mass is 10.2. The van der Waals surface area contributed by atoms with Crippen molar-refractivity contribution in [3.8, 4) is 0 Å². The van der Waals surface area contributed by atoms with Crippen LogP contribution >= 0.6 is 11.3 Å². The van der Waals surface area contributed by atoms with Gasteiger partial charge < -0.3 is 10.6 Å². The topological polar surface area (TPSA) is 65.7 Å². The van der Waals surface area contributed by atoms with Crippen LogP contribution in [0.1, 0.15) is 11.3 Å². The van der Waals surface area contributed by atoms with E-state index in [0.29, 0.717) is 5.13 Å². The number of nitrogens with zero attached hydrogens (tertiary/aromatic N) is 4. The Morgan fingerprint density at radius 1 is 1.12 bits per heavy atom. The van der Waals surface area contributed by atoms with E-state index in [-0.39, 0.29) is 11.9 Å². The summed E-state index contributed by atoms with van der Waals surface area (Å²) in [6.07, 6.45) is 2.78. The largest absolute Gasteiger partial charge is 0.375 e. The number of thiazole rings is 1. The zero-order chi connectivity index (χ0) is 17.2. The second kappa shape index (κ2) is 7.11. The fourth-order valence-electron chi connectivity index (χ4n) is 3.72. The molecule has 0 spiro atoms. The number of nitrogen functional groups attached to an aromatic ring is 1. The zero-order valence-electron chi connectivity index (χ0n) is 14.2. The van der Waals surface area contributed by atoms with E-state index in [1.54, 1.807) is 11.3 Å². The molecule has 1 atom stereocenters. The zero-order valence-corrected chi connectivity index (χ0v) is 15.0. The summed E-state index contributed by atoms with van der Waals surface area (Å²) in [7, 11) is 0. The van der Waals surface area contributed by atoms with Crippen LogP contribution < -0.4 is 10.6 Å². The summed E-state index contributed by atoms with van der Waals surface area (Å²) in [6, 6.07) is 10.0. The third-order valence-corrected chi connectivity index (χ3v) is 5.85. The van der Waals surface area contributed by atoms with Crippen molar-refractivity contribution in [2.24, 2.45) is 0 Å². The van der Waals surface area contributed by atoms with E-state index < -0.39 is 0 Å². The van der Waals surface area contributed by atoms with Crippen molar-refractivity contribution >= 4 is 28.1 Å². The van der Waals surface area contributed by atoms with Crippen molar-refractivity contribution in [1.82, 2.24) is 14.8 Å². The van der Waals surface area contributed by atoms with Gasteiger partial charge in [-0.1, -0.05) is 18.2 Å². The highest BCUT2D eigenvalue weighted by molar-refractivity contribution is 7.15. The van der Waals surface area contributed by atoms with Gasteiger partial charge in [0.1, 0.15) is 0 Å². The van der Waals surface area contributed by atoms with Gasteiger partial charge in [0.15, 0.2) is 5.13 Å². The van der Waals surface area contributed by atoms with Gasteiger partial charge in [0.05, 0.1) is 6.04 Å². The molecule has 3 heterocycles. The molecule has 1 unspecified atom stereocenters. The molecule has 2 fully saturated rings. The molecule has 0 radical (unpaired) electrons. The van der Waals surface area contributed by atoms with E-state index in [4.69, 9.17) is 5.73 Å². The number of benzene rings is 1. The molecule has 1 amide bonds. The van der Waals surface area contributed by atoms with E-state index in [2.05, 4.69) is 14.8 Å². The second-order valence-corrected chi connectivity index (χ2v) is 7.75. The molecule has 4 rings (SSSR count). The van der Waals surface area contributed by atoms with E-state index >= 15 is 0 Å². The van der Waals surface area contributed by atoms with E-state index in [1.165, 1.54) is 4.88 Å². The summed E-state index contributed by atoms with van der Waals surface area (Å²) in [5.41, 5.74) is 6.71. The first-order chi connectivity index (χ1) is 12.2. The minimum Gasteiger partial charge on any atom is -0.375 e. The molecular formula is C18H23N5OS. The molecule has 2 aliphatic heterocycles. The predicted octanol–water partition coefficient (Wildman–Crippen LogP) is 1.65. The maximum Gasteiger partial charge on any atom is 0.244 e. The predicted molar refractivity (Wildman–Crippen MR) is 101 cm³/mol. The summed E-state index contributed by atoms with van der Waals surface area (Å²) in [4.78, 5) is 24.8. The molecule has 2 N–H and O–H groups in total. The lowest BCUT2D eigenvalue weighted by Crippen LogP contribution is -2.52. The third kappa shape index (κ3) is 3.53. The maximum absolute atomic E-state index is 12.8. The smallest absolute Gasteiger partial charge is 0.244 e. The summed E-state index contributed by atoms with van der Waals surface area (Å²) in [6.45, 7) is 5.55. The molecule has 1 aromatic heterocycles. The second-order valence-electron chi connectivity index (χ2n) is 6.61. The van der Waals surface area contributed by atoms with Crippen LogP contribution in [0, 0.1) is 0 Å². The maximum atomic E-state index is 12.8. The minimum atomic E-state index is 0.0291. The van der Waals surface area contributed by atoms with E-state index in [1.807, 2.05) is 41.4 Å². The van der Waals surface area contributed by atoms with Crippen molar-refractivity contribution in [2.45, 2.75) is 19.0 Å². The van der Waals surface area contributed by atoms with Crippen LogP contribution in [0.3, 0.4) is 0 Å². The minimum absolute atomic E-state index is 0.0291. The molecule has 7 heteroatoms. The Bertz CT molecular complexity index is 726. The van der Waals surface area contributed by atoms with Crippen molar-refractivity contribution in [3.63, 3.8) is 0 Å². The molecule has 25 heavy (non-hydrogen) atoms. The number of anilines is 2. The number of hydrogen-bond donors (Lipinski definition) is 1. The lowest BCUT2D eigenvalue weighted by Gasteiger charge is -2.37. The first-order valence-electron chi connectivity index (χ1n) is 8.74. The van der Waals surface area contributed by atoms with E-state index in [0.717, 1.165) is 51.4 Å². The number of para-hydroxylation sites is 1. The van der Waals surface area contributed by atoms with Gasteiger partial charge in [0, 0.05) is 56.0 Å². The molecule has 0 aliphatic carbocycles. The number of hydrogen-bond acceptors (Lipinski definition) is 6. The monoisotopic (exact) mass is 357 g/mol. The van der Waals surface area contributed by atoms with Crippen molar-refractivity contribution in [1.29, 1.82) is 0 Å². The quantitative estimate of drug-likeness (QED) is 0.901. The van der Waals surface area contributed by atoms with Gasteiger partial charge in [-0.15, -0.1) is 11.3 Å². The van der Waals surface area contributed by atoms with Gasteiger partial charge in [0.2, 0.25) is 5.91 Å². The Morgan fingerprint density at radius 3 is 2.56 bits per heavy atom. The van der Waals surface area contributed by atoms with Gasteiger partial charge in [-0.3, -0.25) is 14.6 Å². The summed E-state index contributed by atoms with van der Waals surface area (Å²) in [5.74, 6) is 0.245. The number of rotatable bonds is 4. The van der Waals surface area contributed by atoms with Crippen LogP contribution in [0.4, 0.5) is 10.8 Å². The average molecular weight is 357 g/mol. The summed E-state index contributed by atoms with van der Waals surface area (Å²) >= 11 is 1.56. The Morgan fingerprint density at radius 2 is 1.88 bits per heavy atom. The molecule has 1 aromatic carbocycles. The van der Waals surface area contributed by atoms with Crippen LogP contribution in [0.2, 0.25) is 0 Å². The highest BCUT2D eigenvalue weighted by atomic mass is 32.1. The van der Waals surface area contributed by atoms with Crippen molar-refractivity contribution < 1.29 is 4.79 Å². The number of amides is 1. The molecule has 0 bridgehead atoms. The normalized spacial score (nSPS) is 22.6. The van der Waals surface area contributed by atoms with Gasteiger partial charge in [-0.05, 0) is 18.6 Å². The first kappa shape index (κ1) is 16.5. The highest BCUT2D eigenvalue weighted by Gasteiger charge is 2.37. The Labute approximate surface area is 151 Å². The van der Waals surface area contributed by atoms with Gasteiger partial charge in [-0.2, -0.15) is 0 Å². The van der Waals surface area contributed by atoms with Crippen LogP contribution in [-0.4, -0.2) is 59.5 Å². The Balaban J connectivity index is 1.33. The highest BCUT2D eigenvalue weighted by Crippen LogP contribution is 2.25. The molecule has 2 aliphatic rings. The molecule has 132 valence electrons. The standard InChI is InChI=1S/C18H23N5OS/c19-18-20-12-15(25-18)13-21-8-10-22(11-9-21)16-6-7-23(17(16)24)14-4-2-1-3-5-14/h1-5,12,16H,6-11,13H2,(H2,19,20). The average Bonchev–Trinajstić information content (AvgIpc) is 3.22. The Hall–Kier alpha value is -1.96. The van der Waals surface area contributed by atoms with Crippen LogP contribution in [0.15, 0.2) is 36.5 Å². The Kier molecular flexibility index (Phi) is 4.70. The van der Waals surface area contributed by atoms with Gasteiger partial charge >= 0.3 is 0 Å². The molecule has 2 aromatic rings. The molecule has 0 saturated carbocycles.